The first-order valence-corrected chi connectivity index (χ1v) is 10.8. The van der Waals surface area contributed by atoms with E-state index in [-0.39, 0.29) is 17.9 Å². The molecule has 6 nitrogen and oxygen atoms in total. The molecule has 4 aromatic rings. The van der Waals surface area contributed by atoms with Crippen molar-refractivity contribution in [1.82, 2.24) is 15.0 Å². The number of anilines is 1. The number of nitrogens with zero attached hydrogens (tertiary/aromatic N) is 2. The lowest BCUT2D eigenvalue weighted by Crippen LogP contribution is -2.18. The Morgan fingerprint density at radius 3 is 2.79 bits per heavy atom. The third-order valence-corrected chi connectivity index (χ3v) is 6.00. The van der Waals surface area contributed by atoms with Gasteiger partial charge in [-0.25, -0.2) is 9.97 Å². The van der Waals surface area contributed by atoms with E-state index in [1.807, 2.05) is 55.5 Å². The van der Waals surface area contributed by atoms with Crippen molar-refractivity contribution in [3.05, 3.63) is 81.8 Å². The number of nitrogens with one attached hydrogen (secondary N) is 2. The molecule has 0 aliphatic carbocycles. The molecule has 146 valence electrons. The van der Waals surface area contributed by atoms with Crippen molar-refractivity contribution >= 4 is 44.4 Å². The van der Waals surface area contributed by atoms with E-state index < -0.39 is 0 Å². The highest BCUT2D eigenvalue weighted by molar-refractivity contribution is 7.98. The molecular formula is C21H18N4O2S2. The Morgan fingerprint density at radius 1 is 1.14 bits per heavy atom. The fourth-order valence-corrected chi connectivity index (χ4v) is 4.61. The van der Waals surface area contributed by atoms with Gasteiger partial charge in [0.15, 0.2) is 10.3 Å². The molecule has 8 heteroatoms. The molecule has 2 N–H and O–H groups in total. The monoisotopic (exact) mass is 422 g/mol. The Kier molecular flexibility index (Phi) is 5.73. The van der Waals surface area contributed by atoms with Crippen LogP contribution in [0.25, 0.3) is 10.2 Å². The van der Waals surface area contributed by atoms with E-state index >= 15 is 0 Å². The zero-order chi connectivity index (χ0) is 20.2. The number of aromatic nitrogens is 3. The smallest absolute Gasteiger partial charge is 0.251 e. The minimum atomic E-state index is -0.270. The normalized spacial score (nSPS) is 10.9. The molecule has 2 aromatic carbocycles. The lowest BCUT2D eigenvalue weighted by Gasteiger charge is -2.05. The molecule has 0 unspecified atom stereocenters. The van der Waals surface area contributed by atoms with Gasteiger partial charge in [0.25, 0.3) is 5.56 Å². The van der Waals surface area contributed by atoms with Gasteiger partial charge in [-0.1, -0.05) is 59.5 Å². The number of rotatable bonds is 6. The molecule has 0 radical (unpaired) electrons. The van der Waals surface area contributed by atoms with Gasteiger partial charge in [0.1, 0.15) is 0 Å². The van der Waals surface area contributed by atoms with Crippen molar-refractivity contribution in [3.8, 4) is 0 Å². The number of carbonyl (C=O) groups is 1. The fraction of sp³-hybridized carbons (Fsp3) is 0.143. The van der Waals surface area contributed by atoms with Crippen molar-refractivity contribution in [2.24, 2.45) is 0 Å². The maximum Gasteiger partial charge on any atom is 0.251 e. The van der Waals surface area contributed by atoms with Crippen LogP contribution in [0.2, 0.25) is 0 Å². The third-order valence-electron chi connectivity index (χ3n) is 4.12. The van der Waals surface area contributed by atoms with Gasteiger partial charge >= 0.3 is 0 Å². The summed E-state index contributed by atoms with van der Waals surface area (Å²) in [4.78, 5) is 35.9. The second-order valence-corrected chi connectivity index (χ2v) is 8.53. The topological polar surface area (TPSA) is 87.7 Å². The summed E-state index contributed by atoms with van der Waals surface area (Å²) in [6, 6.07) is 17.2. The summed E-state index contributed by atoms with van der Waals surface area (Å²) in [7, 11) is 0. The first kappa shape index (κ1) is 19.4. The van der Waals surface area contributed by atoms with Gasteiger partial charge in [0.2, 0.25) is 5.91 Å². The Hall–Kier alpha value is -2.97. The lowest BCUT2D eigenvalue weighted by molar-refractivity contribution is -0.115. The van der Waals surface area contributed by atoms with Crippen LogP contribution in [-0.2, 0) is 17.0 Å². The molecule has 4 rings (SSSR count). The highest BCUT2D eigenvalue weighted by Gasteiger charge is 2.11. The lowest BCUT2D eigenvalue weighted by atomic mass is 10.2. The summed E-state index contributed by atoms with van der Waals surface area (Å²) in [5.41, 5.74) is 3.29. The zero-order valence-corrected chi connectivity index (χ0v) is 17.3. The van der Waals surface area contributed by atoms with E-state index in [1.54, 1.807) is 0 Å². The molecule has 29 heavy (non-hydrogen) atoms. The predicted octanol–water partition coefficient (Wildman–Crippen LogP) is 4.16. The van der Waals surface area contributed by atoms with Gasteiger partial charge in [0.05, 0.1) is 22.3 Å². The number of benzene rings is 2. The molecule has 1 amide bonds. The summed E-state index contributed by atoms with van der Waals surface area (Å²) in [6.07, 6.45) is 0.0117. The Balaban J connectivity index is 1.43. The van der Waals surface area contributed by atoms with Gasteiger partial charge in [-0.2, -0.15) is 0 Å². The van der Waals surface area contributed by atoms with E-state index in [0.717, 1.165) is 21.3 Å². The number of aromatic amines is 1. The highest BCUT2D eigenvalue weighted by atomic mass is 32.2. The molecule has 0 bridgehead atoms. The maximum absolute atomic E-state index is 12.4. The van der Waals surface area contributed by atoms with Gasteiger partial charge in [-0.3, -0.25) is 9.59 Å². The van der Waals surface area contributed by atoms with Crippen LogP contribution >= 0.6 is 23.1 Å². The Morgan fingerprint density at radius 2 is 1.97 bits per heavy atom. The molecule has 0 aliphatic rings. The van der Waals surface area contributed by atoms with E-state index in [9.17, 15) is 9.59 Å². The molecule has 0 aliphatic heterocycles. The Labute approximate surface area is 175 Å². The number of hydrogen-bond donors (Lipinski definition) is 2. The second kappa shape index (κ2) is 8.59. The number of carbonyl (C=O) groups excluding carboxylic acids is 1. The fourth-order valence-electron chi connectivity index (χ4n) is 2.78. The molecule has 0 saturated heterocycles. The maximum atomic E-state index is 12.4. The van der Waals surface area contributed by atoms with Crippen LogP contribution in [-0.4, -0.2) is 20.9 Å². The molecule has 2 heterocycles. The average molecular weight is 423 g/mol. The third kappa shape index (κ3) is 5.10. The quantitative estimate of drug-likeness (QED) is 0.360. The van der Waals surface area contributed by atoms with Crippen molar-refractivity contribution in [2.75, 3.05) is 5.32 Å². The van der Waals surface area contributed by atoms with Crippen LogP contribution in [0.4, 0.5) is 5.13 Å². The van der Waals surface area contributed by atoms with Gasteiger partial charge in [-0.05, 0) is 30.2 Å². The molecule has 0 fully saturated rings. The number of thiazole rings is 1. The number of amides is 1. The van der Waals surface area contributed by atoms with Crippen LogP contribution in [0.5, 0.6) is 0 Å². The van der Waals surface area contributed by atoms with Crippen molar-refractivity contribution < 1.29 is 4.79 Å². The summed E-state index contributed by atoms with van der Waals surface area (Å²) < 4.78 is 1.02. The minimum absolute atomic E-state index is 0.0117. The summed E-state index contributed by atoms with van der Waals surface area (Å²) >= 11 is 2.86. The summed E-state index contributed by atoms with van der Waals surface area (Å²) in [6.45, 7) is 2.02. The largest absolute Gasteiger partial charge is 0.302 e. The van der Waals surface area contributed by atoms with Crippen LogP contribution < -0.4 is 10.9 Å². The van der Waals surface area contributed by atoms with Crippen LogP contribution in [0.1, 0.15) is 16.8 Å². The van der Waals surface area contributed by atoms with Crippen molar-refractivity contribution in [3.63, 3.8) is 0 Å². The molecule has 0 spiro atoms. The second-order valence-electron chi connectivity index (χ2n) is 6.53. The number of fused-ring (bicyclic) bond motifs is 1. The standard InChI is InChI=1S/C21H18N4O2S2/c1-13-7-8-16-17(9-13)29-21(23-16)25-19(27)11-15-10-18(26)24-20(22-15)28-12-14-5-3-2-4-6-14/h2-10H,11-12H2,1H3,(H,22,24,26)(H,23,25,27). The summed E-state index contributed by atoms with van der Waals surface area (Å²) in [5, 5.41) is 3.85. The SMILES string of the molecule is Cc1ccc2nc(NC(=O)Cc3cc(=O)[nH]c(SCc4ccccc4)n3)sc2c1. The van der Waals surface area contributed by atoms with E-state index in [1.165, 1.54) is 29.2 Å². The first-order chi connectivity index (χ1) is 14.0. The van der Waals surface area contributed by atoms with Crippen LogP contribution in [0.3, 0.4) is 0 Å². The number of thioether (sulfide) groups is 1. The van der Waals surface area contributed by atoms with Gasteiger partial charge in [-0.15, -0.1) is 0 Å². The van der Waals surface area contributed by atoms with Crippen LogP contribution in [0, 0.1) is 6.92 Å². The minimum Gasteiger partial charge on any atom is -0.302 e. The highest BCUT2D eigenvalue weighted by Crippen LogP contribution is 2.26. The van der Waals surface area contributed by atoms with E-state index in [2.05, 4.69) is 20.3 Å². The number of aryl methyl sites for hydroxylation is 1. The number of H-pyrrole nitrogens is 1. The Bertz CT molecular complexity index is 1220. The van der Waals surface area contributed by atoms with Crippen molar-refractivity contribution in [1.29, 1.82) is 0 Å². The van der Waals surface area contributed by atoms with E-state index in [4.69, 9.17) is 0 Å². The molecule has 2 aromatic heterocycles. The van der Waals surface area contributed by atoms with E-state index in [0.29, 0.717) is 21.7 Å². The zero-order valence-electron chi connectivity index (χ0n) is 15.6. The molecular weight excluding hydrogens is 404 g/mol. The van der Waals surface area contributed by atoms with Crippen LogP contribution in [0.15, 0.2) is 64.5 Å². The summed E-state index contributed by atoms with van der Waals surface area (Å²) in [5.74, 6) is 0.433. The average Bonchev–Trinajstić information content (AvgIpc) is 3.07. The van der Waals surface area contributed by atoms with Gasteiger partial charge < -0.3 is 10.3 Å². The molecule has 0 atom stereocenters. The van der Waals surface area contributed by atoms with Crippen molar-refractivity contribution in [2.45, 2.75) is 24.3 Å². The predicted molar refractivity (Wildman–Crippen MR) is 118 cm³/mol. The first-order valence-electron chi connectivity index (χ1n) is 8.99. The van der Waals surface area contributed by atoms with Gasteiger partial charge in [0, 0.05) is 11.8 Å². The molecule has 0 saturated carbocycles. The number of hydrogen-bond acceptors (Lipinski definition) is 6.